The molecule has 388 valence electrons. The number of nitrogen functional groups attached to an aromatic ring is 2. The number of ketones is 1. The first-order chi connectivity index (χ1) is 33.3. The van der Waals surface area contributed by atoms with Gasteiger partial charge in [0.15, 0.2) is 41.2 Å². The number of nitrogens with zero attached hydrogens (tertiary/aromatic N) is 8. The van der Waals surface area contributed by atoms with E-state index in [1.54, 1.807) is 61.5 Å². The van der Waals surface area contributed by atoms with Crippen LogP contribution in [0.1, 0.15) is 44.9 Å². The number of aromatic nitrogens is 8. The first-order valence-corrected chi connectivity index (χ1v) is 22.7. The molecular weight excluding hydrogens is 1040 g/mol. The van der Waals surface area contributed by atoms with Crippen LogP contribution in [0, 0.1) is 0 Å². The number of carbonyl (C=O) groups is 4. The van der Waals surface area contributed by atoms with E-state index < -0.39 is 95.5 Å². The van der Waals surface area contributed by atoms with Gasteiger partial charge in [-0.05, 0) is 48.2 Å². The standard InChI is InChI=1S/C23H25Cl2N5O6.C20H19Cl2N5O7.CH4.Li.H2O/c1-3-34-21(33)23(12(2)31,9-13-7-5-4-6-8-13)35-10-14-17(32)15(24)20(36-14)30-11-27-16-18(26)28-22(25)29-19(16)30;21-11-13(28)10(34-16(11)27-8-24-12-14(23)25-19(22)26-15(12)27)7-33-20(17(29)30,18(31)32)6-9-4-2-1-3-5-9;;;/h4-8,11,14-15,17,20,32H,3,9-10H2,1-2H3,(H2,26,28,29);1-5,8,10-11,13,16,28H,6-7H2,(H,29,30)(H,31,32)(H2,23,25,26);1H4;;1H2/q;;;+1;/p-1/t14-,15+,17-,20-,23?;10-,11+,13-,16-;;;/m11.../s1. The van der Waals surface area contributed by atoms with Gasteiger partial charge in [0.05, 0.1) is 32.5 Å². The van der Waals surface area contributed by atoms with Crippen LogP contribution in [0.2, 0.25) is 10.6 Å². The molecule has 2 aliphatic heterocycles. The van der Waals surface area contributed by atoms with Crippen molar-refractivity contribution in [2.75, 3.05) is 31.3 Å². The number of carbonyl (C=O) groups excluding carboxylic acids is 2. The molecule has 2 aromatic carbocycles. The number of halogens is 4. The summed E-state index contributed by atoms with van der Waals surface area (Å²) in [4.78, 5) is 73.9. The summed E-state index contributed by atoms with van der Waals surface area (Å²) in [5.41, 5.74) is 9.27. The van der Waals surface area contributed by atoms with E-state index in [-0.39, 0.29) is 90.4 Å². The summed E-state index contributed by atoms with van der Waals surface area (Å²) in [5, 5.41) is 38.7. The van der Waals surface area contributed by atoms with Crippen molar-refractivity contribution in [2.45, 2.75) is 92.9 Å². The number of imidazole rings is 2. The molecule has 0 spiro atoms. The Balaban J connectivity index is 0.000000304. The molecule has 2 aliphatic rings. The van der Waals surface area contributed by atoms with Crippen LogP contribution in [0.5, 0.6) is 0 Å². The second kappa shape index (κ2) is 25.3. The maximum atomic E-state index is 13.0. The number of hydrogen-bond acceptors (Lipinski definition) is 20. The van der Waals surface area contributed by atoms with Crippen LogP contribution in [0.25, 0.3) is 22.3 Å². The predicted molar refractivity (Wildman–Crippen MR) is 258 cm³/mol. The van der Waals surface area contributed by atoms with Gasteiger partial charge in [-0.25, -0.2) is 24.4 Å². The first-order valence-electron chi connectivity index (χ1n) is 21.1. The fourth-order valence-electron chi connectivity index (χ4n) is 7.76. The number of Topliss-reactive ketones (excluding diaryl/α,β-unsaturated/α-hetero) is 1. The molecule has 2 fully saturated rings. The van der Waals surface area contributed by atoms with Gasteiger partial charge in [0.2, 0.25) is 16.2 Å². The zero-order chi connectivity index (χ0) is 50.7. The summed E-state index contributed by atoms with van der Waals surface area (Å²) in [6.07, 6.45) is -4.42. The molecular formula is C44H49Cl4LiN10O14. The fourth-order valence-corrected chi connectivity index (χ4v) is 8.79. The zero-order valence-electron chi connectivity index (χ0n) is 38.2. The molecule has 0 saturated carbocycles. The maximum absolute atomic E-state index is 13.0. The number of rotatable bonds is 17. The Morgan fingerprint density at radius 1 is 0.699 bits per heavy atom. The van der Waals surface area contributed by atoms with Gasteiger partial charge in [-0.2, -0.15) is 19.9 Å². The van der Waals surface area contributed by atoms with E-state index in [1.807, 2.05) is 6.07 Å². The molecule has 0 bridgehead atoms. The van der Waals surface area contributed by atoms with Crippen LogP contribution < -0.4 is 30.3 Å². The van der Waals surface area contributed by atoms with Gasteiger partial charge in [0.1, 0.15) is 46.2 Å². The molecule has 73 heavy (non-hydrogen) atoms. The topological polar surface area (TPSA) is 365 Å². The Hall–Kier alpha value is -5.30. The Morgan fingerprint density at radius 2 is 1.08 bits per heavy atom. The van der Waals surface area contributed by atoms with Crippen molar-refractivity contribution in [3.8, 4) is 0 Å². The van der Waals surface area contributed by atoms with Gasteiger partial charge in [-0.1, -0.05) is 68.1 Å². The number of benzene rings is 2. The number of aliphatic hydroxyl groups is 2. The first kappa shape index (κ1) is 60.3. The average Bonchev–Trinajstić information content (AvgIpc) is 4.08. The third-order valence-corrected chi connectivity index (χ3v) is 12.7. The molecule has 0 aliphatic carbocycles. The van der Waals surface area contributed by atoms with Crippen LogP contribution in [0.15, 0.2) is 73.3 Å². The Kier molecular flexibility index (Phi) is 20.9. The Bertz CT molecular complexity index is 2860. The van der Waals surface area contributed by atoms with E-state index >= 15 is 0 Å². The normalized spacial score (nSPS) is 22.2. The fraction of sp³-hybridized carbons (Fsp3) is 0.409. The van der Waals surface area contributed by atoms with Gasteiger partial charge in [-0.15, -0.1) is 23.2 Å². The minimum Gasteiger partial charge on any atom is -0.870 e. The molecule has 29 heteroatoms. The second-order valence-electron chi connectivity index (χ2n) is 15.9. The predicted octanol–water partition coefficient (Wildman–Crippen LogP) is 0.636. The van der Waals surface area contributed by atoms with Crippen LogP contribution in [-0.2, 0) is 55.7 Å². The number of fused-ring (bicyclic) bond motifs is 2. The number of esters is 1. The monoisotopic (exact) mass is 1090 g/mol. The molecule has 6 aromatic rings. The maximum Gasteiger partial charge on any atom is 1.00 e. The molecule has 1 unspecified atom stereocenters. The van der Waals surface area contributed by atoms with Gasteiger partial charge < -0.3 is 61.1 Å². The molecule has 9 atom stereocenters. The van der Waals surface area contributed by atoms with Crippen molar-refractivity contribution in [3.05, 3.63) is 95.0 Å². The minimum absolute atomic E-state index is 0. The van der Waals surface area contributed by atoms with E-state index in [0.717, 1.165) is 0 Å². The van der Waals surface area contributed by atoms with Gasteiger partial charge in [-0.3, -0.25) is 13.9 Å². The van der Waals surface area contributed by atoms with E-state index in [4.69, 9.17) is 81.6 Å². The Labute approximate surface area is 447 Å². The van der Waals surface area contributed by atoms with Crippen molar-refractivity contribution in [1.29, 1.82) is 0 Å². The zero-order valence-corrected chi connectivity index (χ0v) is 41.3. The van der Waals surface area contributed by atoms with Gasteiger partial charge in [0, 0.05) is 12.8 Å². The summed E-state index contributed by atoms with van der Waals surface area (Å²) in [5.74, 6) is -4.65. The molecule has 4 aromatic heterocycles. The summed E-state index contributed by atoms with van der Waals surface area (Å²) in [7, 11) is 0. The molecule has 2 saturated heterocycles. The van der Waals surface area contributed by atoms with Crippen LogP contribution in [-0.4, -0.2) is 155 Å². The van der Waals surface area contributed by atoms with Crippen molar-refractivity contribution >= 4 is 104 Å². The van der Waals surface area contributed by atoms with E-state index in [1.165, 1.54) is 28.7 Å². The molecule has 0 radical (unpaired) electrons. The summed E-state index contributed by atoms with van der Waals surface area (Å²) in [6.45, 7) is 2.05. The van der Waals surface area contributed by atoms with Crippen molar-refractivity contribution in [1.82, 2.24) is 39.0 Å². The Morgan fingerprint density at radius 3 is 1.45 bits per heavy atom. The molecule has 9 N–H and O–H groups in total. The van der Waals surface area contributed by atoms with Crippen LogP contribution in [0.3, 0.4) is 0 Å². The number of hydrogen-bond donors (Lipinski definition) is 6. The molecule has 6 heterocycles. The van der Waals surface area contributed by atoms with Crippen LogP contribution in [0.4, 0.5) is 11.6 Å². The molecule has 24 nitrogen and oxygen atoms in total. The molecule has 0 amide bonds. The van der Waals surface area contributed by atoms with Crippen LogP contribution >= 0.6 is 46.4 Å². The van der Waals surface area contributed by atoms with Crippen molar-refractivity contribution in [3.63, 3.8) is 0 Å². The number of carboxylic acid groups (broad SMARTS) is 2. The quantitative estimate of drug-likeness (QED) is 0.0240. The van der Waals surface area contributed by atoms with E-state index in [9.17, 15) is 39.6 Å². The van der Waals surface area contributed by atoms with E-state index in [2.05, 4.69) is 29.9 Å². The van der Waals surface area contributed by atoms with Crippen molar-refractivity contribution in [2.24, 2.45) is 0 Å². The number of alkyl halides is 2. The number of aliphatic carboxylic acids is 2. The SMILES string of the molecule is C.CCOC(=O)C(Cc1ccccc1)(OC[C@H]1O[C@@H](n2cnc3c(N)nc(Cl)nc32)[C@@H](Cl)[C@@H]1O)C(C)=O.Nc1nc(Cl)nc2c1ncn2[C@@H]1O[C@H](COC(Cc2ccccc2)(C(=O)O)C(=O)O)[C@@H](O)[C@@H]1Cl.[Li+].[OH-]. The largest absolute Gasteiger partial charge is 1.00 e. The van der Waals surface area contributed by atoms with Crippen molar-refractivity contribution < 1.29 is 87.6 Å². The smallest absolute Gasteiger partial charge is 0.870 e. The second-order valence-corrected chi connectivity index (χ2v) is 17.6. The summed E-state index contributed by atoms with van der Waals surface area (Å²) < 4.78 is 31.2. The summed E-state index contributed by atoms with van der Waals surface area (Å²) >= 11 is 24.7. The number of anilines is 2. The van der Waals surface area contributed by atoms with Gasteiger partial charge >= 0.3 is 36.8 Å². The average molecular weight is 1090 g/mol. The third kappa shape index (κ3) is 12.5. The summed E-state index contributed by atoms with van der Waals surface area (Å²) in [6, 6.07) is 17.1. The van der Waals surface area contributed by atoms with E-state index in [0.29, 0.717) is 16.6 Å². The molecule has 8 rings (SSSR count). The number of ether oxygens (including phenoxy) is 5. The van der Waals surface area contributed by atoms with Gasteiger partial charge in [0.25, 0.3) is 5.60 Å². The minimum atomic E-state index is -2.61. The number of carboxylic acids is 2. The number of aliphatic hydroxyl groups excluding tert-OH is 2. The number of nitrogens with two attached hydrogens (primary N) is 2. The third-order valence-electron chi connectivity index (χ3n) is 11.4.